The summed E-state index contributed by atoms with van der Waals surface area (Å²) in [6.45, 7) is 11.6. The minimum atomic E-state index is 0.899. The van der Waals surface area contributed by atoms with Gasteiger partial charge in [0, 0.05) is 4.88 Å². The Morgan fingerprint density at radius 3 is 2.40 bits per heavy atom. The molecule has 0 bridgehead atoms. The van der Waals surface area contributed by atoms with Crippen molar-refractivity contribution in [1.82, 2.24) is 0 Å². The van der Waals surface area contributed by atoms with Crippen molar-refractivity contribution in [1.29, 1.82) is 0 Å². The quantitative estimate of drug-likeness (QED) is 0.471. The van der Waals surface area contributed by atoms with Gasteiger partial charge in [-0.15, -0.1) is 24.5 Å². The maximum Gasteiger partial charge on any atom is 0.0336 e. The first-order chi connectivity index (χ1) is 7.27. The van der Waals surface area contributed by atoms with Crippen LogP contribution < -0.4 is 0 Å². The normalized spacial score (nSPS) is 9.33. The SMILES string of the molecule is C=CCC(=CC(=C)c1cccs1)CC=C. The van der Waals surface area contributed by atoms with Crippen LogP contribution in [0, 0.1) is 0 Å². The highest BCUT2D eigenvalue weighted by Gasteiger charge is 1.98. The van der Waals surface area contributed by atoms with E-state index in [0.717, 1.165) is 18.4 Å². The molecule has 1 aromatic rings. The summed E-state index contributed by atoms with van der Waals surface area (Å²) in [7, 11) is 0. The third kappa shape index (κ3) is 3.72. The molecule has 0 amide bonds. The summed E-state index contributed by atoms with van der Waals surface area (Å²) in [6.07, 6.45) is 7.76. The average Bonchev–Trinajstić information content (AvgIpc) is 2.71. The van der Waals surface area contributed by atoms with Crippen molar-refractivity contribution in [2.24, 2.45) is 0 Å². The number of thiophene rings is 1. The van der Waals surface area contributed by atoms with E-state index in [-0.39, 0.29) is 0 Å². The van der Waals surface area contributed by atoms with Crippen LogP contribution in [0.25, 0.3) is 5.57 Å². The van der Waals surface area contributed by atoms with Gasteiger partial charge in [-0.2, -0.15) is 0 Å². The van der Waals surface area contributed by atoms with Gasteiger partial charge in [-0.25, -0.2) is 0 Å². The molecule has 0 saturated carbocycles. The summed E-state index contributed by atoms with van der Waals surface area (Å²) >= 11 is 1.71. The van der Waals surface area contributed by atoms with Crippen LogP contribution >= 0.6 is 11.3 Å². The van der Waals surface area contributed by atoms with Crippen molar-refractivity contribution < 1.29 is 0 Å². The predicted molar refractivity (Wildman–Crippen MR) is 71.1 cm³/mol. The zero-order valence-electron chi connectivity index (χ0n) is 8.91. The van der Waals surface area contributed by atoms with Gasteiger partial charge in [0.05, 0.1) is 0 Å². The predicted octanol–water partition coefficient (Wildman–Crippen LogP) is 4.84. The van der Waals surface area contributed by atoms with Gasteiger partial charge in [-0.1, -0.05) is 36.4 Å². The molecule has 0 aliphatic heterocycles. The van der Waals surface area contributed by atoms with Crippen molar-refractivity contribution in [3.8, 4) is 0 Å². The van der Waals surface area contributed by atoms with Crippen LogP contribution in [0.4, 0.5) is 0 Å². The Labute approximate surface area is 96.0 Å². The largest absolute Gasteiger partial charge is 0.144 e. The Morgan fingerprint density at radius 1 is 1.27 bits per heavy atom. The summed E-state index contributed by atoms with van der Waals surface area (Å²) in [5.41, 5.74) is 2.38. The number of allylic oxidation sites excluding steroid dienone is 5. The summed E-state index contributed by atoms with van der Waals surface area (Å²) < 4.78 is 0. The molecule has 1 heteroatoms. The lowest BCUT2D eigenvalue weighted by Crippen LogP contribution is -1.81. The molecular formula is C14H16S. The summed E-state index contributed by atoms with van der Waals surface area (Å²) in [6, 6.07) is 4.13. The number of rotatable bonds is 6. The van der Waals surface area contributed by atoms with E-state index >= 15 is 0 Å². The number of hydrogen-bond acceptors (Lipinski definition) is 1. The fourth-order valence-electron chi connectivity index (χ4n) is 1.35. The van der Waals surface area contributed by atoms with Crippen LogP contribution in [0.3, 0.4) is 0 Å². The second kappa shape index (κ2) is 6.20. The van der Waals surface area contributed by atoms with Gasteiger partial charge in [0.15, 0.2) is 0 Å². The second-order valence-corrected chi connectivity index (χ2v) is 4.24. The highest BCUT2D eigenvalue weighted by Crippen LogP contribution is 2.22. The van der Waals surface area contributed by atoms with Gasteiger partial charge >= 0.3 is 0 Å². The lowest BCUT2D eigenvalue weighted by atomic mass is 10.1. The highest BCUT2D eigenvalue weighted by molar-refractivity contribution is 7.11. The highest BCUT2D eigenvalue weighted by atomic mass is 32.1. The van der Waals surface area contributed by atoms with Crippen LogP contribution in [-0.2, 0) is 0 Å². The molecule has 0 fully saturated rings. The molecule has 0 radical (unpaired) electrons. The topological polar surface area (TPSA) is 0 Å². The van der Waals surface area contributed by atoms with Crippen molar-refractivity contribution in [3.63, 3.8) is 0 Å². The molecule has 1 aromatic heterocycles. The van der Waals surface area contributed by atoms with Gasteiger partial charge in [-0.3, -0.25) is 0 Å². The summed E-state index contributed by atoms with van der Waals surface area (Å²) in [4.78, 5) is 1.22. The van der Waals surface area contributed by atoms with E-state index in [4.69, 9.17) is 0 Å². The smallest absolute Gasteiger partial charge is 0.0336 e. The molecule has 0 saturated heterocycles. The Hall–Kier alpha value is -1.34. The molecule has 15 heavy (non-hydrogen) atoms. The van der Waals surface area contributed by atoms with Gasteiger partial charge < -0.3 is 0 Å². The molecule has 0 aliphatic carbocycles. The van der Waals surface area contributed by atoms with Crippen LogP contribution in [0.1, 0.15) is 17.7 Å². The molecule has 0 nitrogen and oxygen atoms in total. The first-order valence-electron chi connectivity index (χ1n) is 4.92. The molecule has 0 aliphatic rings. The average molecular weight is 216 g/mol. The molecule has 1 heterocycles. The maximum atomic E-state index is 4.07. The van der Waals surface area contributed by atoms with Gasteiger partial charge in [0.25, 0.3) is 0 Å². The van der Waals surface area contributed by atoms with E-state index in [9.17, 15) is 0 Å². The second-order valence-electron chi connectivity index (χ2n) is 3.29. The lowest BCUT2D eigenvalue weighted by Gasteiger charge is -2.02. The van der Waals surface area contributed by atoms with E-state index in [0.29, 0.717) is 0 Å². The molecule has 1 rings (SSSR count). The van der Waals surface area contributed by atoms with E-state index in [1.807, 2.05) is 18.2 Å². The third-order valence-electron chi connectivity index (χ3n) is 2.03. The van der Waals surface area contributed by atoms with Crippen molar-refractivity contribution in [3.05, 3.63) is 65.9 Å². The fourth-order valence-corrected chi connectivity index (χ4v) is 2.02. The molecule has 0 N–H and O–H groups in total. The molecular weight excluding hydrogens is 200 g/mol. The molecule has 0 aromatic carbocycles. The van der Waals surface area contributed by atoms with Gasteiger partial charge in [-0.05, 0) is 29.9 Å². The summed E-state index contributed by atoms with van der Waals surface area (Å²) in [5, 5.41) is 2.06. The van der Waals surface area contributed by atoms with Gasteiger partial charge in [0.2, 0.25) is 0 Å². The first-order valence-corrected chi connectivity index (χ1v) is 5.80. The third-order valence-corrected chi connectivity index (χ3v) is 2.97. The van der Waals surface area contributed by atoms with Crippen molar-refractivity contribution in [2.75, 3.05) is 0 Å². The molecule has 0 spiro atoms. The molecule has 0 unspecified atom stereocenters. The van der Waals surface area contributed by atoms with E-state index in [1.165, 1.54) is 10.5 Å². The standard InChI is InChI=1S/C14H16S/c1-4-7-13(8-5-2)11-12(3)14-9-6-10-15-14/h4-6,9-11H,1-3,7-8H2. The van der Waals surface area contributed by atoms with Crippen LogP contribution in [0.5, 0.6) is 0 Å². The van der Waals surface area contributed by atoms with Crippen molar-refractivity contribution >= 4 is 16.9 Å². The van der Waals surface area contributed by atoms with Crippen LogP contribution in [0.15, 0.2) is 61.1 Å². The van der Waals surface area contributed by atoms with E-state index in [2.05, 4.69) is 37.3 Å². The van der Waals surface area contributed by atoms with Crippen molar-refractivity contribution in [2.45, 2.75) is 12.8 Å². The molecule has 78 valence electrons. The Kier molecular flexibility index (Phi) is 4.85. The Bertz CT molecular complexity index is 354. The maximum absolute atomic E-state index is 4.07. The Morgan fingerprint density at radius 2 is 1.93 bits per heavy atom. The zero-order chi connectivity index (χ0) is 11.1. The minimum absolute atomic E-state index is 0.899. The monoisotopic (exact) mass is 216 g/mol. The van der Waals surface area contributed by atoms with Crippen LogP contribution in [0.2, 0.25) is 0 Å². The Balaban J connectivity index is 2.77. The van der Waals surface area contributed by atoms with Crippen LogP contribution in [-0.4, -0.2) is 0 Å². The van der Waals surface area contributed by atoms with E-state index in [1.54, 1.807) is 11.3 Å². The fraction of sp³-hybridized carbons (Fsp3) is 0.143. The number of hydrogen-bond donors (Lipinski definition) is 0. The van der Waals surface area contributed by atoms with E-state index < -0.39 is 0 Å². The van der Waals surface area contributed by atoms with Gasteiger partial charge in [0.1, 0.15) is 0 Å². The zero-order valence-corrected chi connectivity index (χ0v) is 9.72. The first kappa shape index (κ1) is 11.7. The summed E-state index contributed by atoms with van der Waals surface area (Å²) in [5.74, 6) is 0. The molecule has 0 atom stereocenters. The lowest BCUT2D eigenvalue weighted by molar-refractivity contribution is 1.12. The minimum Gasteiger partial charge on any atom is -0.144 e.